The molecule has 0 radical (unpaired) electrons. The highest BCUT2D eigenvalue weighted by Crippen LogP contribution is 2.17. The molecule has 0 aliphatic rings. The van der Waals surface area contributed by atoms with Crippen molar-refractivity contribution in [2.24, 2.45) is 0 Å². The van der Waals surface area contributed by atoms with Crippen LogP contribution in [0.3, 0.4) is 0 Å². The summed E-state index contributed by atoms with van der Waals surface area (Å²) in [5, 5.41) is 5.60. The van der Waals surface area contributed by atoms with Gasteiger partial charge in [0, 0.05) is 11.1 Å². The van der Waals surface area contributed by atoms with Crippen LogP contribution in [0.25, 0.3) is 0 Å². The molecular weight excluding hydrogens is 175 g/mol. The van der Waals surface area contributed by atoms with Crippen molar-refractivity contribution in [3.63, 3.8) is 0 Å². The standard InChI is InChI=1S/C6H6F3NS/c7-6(8,9)4-10-5-1-2-11-3-5/h1-3,10H,4H2. The van der Waals surface area contributed by atoms with Crippen LogP contribution >= 0.6 is 11.3 Å². The van der Waals surface area contributed by atoms with E-state index in [1.54, 1.807) is 16.8 Å². The molecule has 0 amide bonds. The maximum atomic E-state index is 11.6. The fourth-order valence-corrected chi connectivity index (χ4v) is 1.18. The second kappa shape index (κ2) is 3.13. The Bertz CT molecular complexity index is 204. The maximum Gasteiger partial charge on any atom is 0.405 e. The van der Waals surface area contributed by atoms with Gasteiger partial charge in [0.1, 0.15) is 6.54 Å². The number of rotatable bonds is 2. The smallest absolute Gasteiger partial charge is 0.376 e. The number of hydrogen-bond donors (Lipinski definition) is 1. The van der Waals surface area contributed by atoms with Gasteiger partial charge in [-0.1, -0.05) is 0 Å². The van der Waals surface area contributed by atoms with Crippen molar-refractivity contribution in [3.05, 3.63) is 16.8 Å². The molecule has 0 aromatic carbocycles. The molecule has 0 atom stereocenters. The highest BCUT2D eigenvalue weighted by Gasteiger charge is 2.26. The van der Waals surface area contributed by atoms with E-state index < -0.39 is 12.7 Å². The first-order chi connectivity index (χ1) is 5.08. The van der Waals surface area contributed by atoms with Crippen LogP contribution in [0, 0.1) is 0 Å². The molecular formula is C6H6F3NS. The predicted molar refractivity (Wildman–Crippen MR) is 38.9 cm³/mol. The SMILES string of the molecule is FC(F)(F)CNc1ccsc1. The van der Waals surface area contributed by atoms with Crippen molar-refractivity contribution in [1.82, 2.24) is 0 Å². The average molecular weight is 181 g/mol. The Kier molecular flexibility index (Phi) is 2.38. The molecule has 1 N–H and O–H groups in total. The van der Waals surface area contributed by atoms with Gasteiger partial charge in [0.05, 0.1) is 0 Å². The Morgan fingerprint density at radius 3 is 2.64 bits per heavy atom. The zero-order valence-electron chi connectivity index (χ0n) is 5.48. The van der Waals surface area contributed by atoms with Crippen molar-refractivity contribution in [2.75, 3.05) is 11.9 Å². The third-order valence-electron chi connectivity index (χ3n) is 1.01. The maximum absolute atomic E-state index is 11.6. The van der Waals surface area contributed by atoms with Crippen LogP contribution in [0.4, 0.5) is 18.9 Å². The topological polar surface area (TPSA) is 12.0 Å². The van der Waals surface area contributed by atoms with Gasteiger partial charge in [-0.3, -0.25) is 0 Å². The molecule has 0 saturated heterocycles. The van der Waals surface area contributed by atoms with Crippen LogP contribution in [0.15, 0.2) is 16.8 Å². The summed E-state index contributed by atoms with van der Waals surface area (Å²) in [5.41, 5.74) is 0.521. The van der Waals surface area contributed by atoms with E-state index >= 15 is 0 Å². The van der Waals surface area contributed by atoms with Gasteiger partial charge in [0.25, 0.3) is 0 Å². The van der Waals surface area contributed by atoms with Crippen molar-refractivity contribution >= 4 is 17.0 Å². The first-order valence-corrected chi connectivity index (χ1v) is 3.85. The molecule has 1 rings (SSSR count). The molecule has 0 unspecified atom stereocenters. The number of halogens is 3. The first-order valence-electron chi connectivity index (χ1n) is 2.91. The van der Waals surface area contributed by atoms with E-state index in [0.29, 0.717) is 5.69 Å². The normalized spacial score (nSPS) is 11.5. The molecule has 1 aromatic rings. The fraction of sp³-hybridized carbons (Fsp3) is 0.333. The lowest BCUT2D eigenvalue weighted by Gasteiger charge is -2.06. The van der Waals surface area contributed by atoms with Crippen molar-refractivity contribution in [1.29, 1.82) is 0 Å². The minimum Gasteiger partial charge on any atom is -0.376 e. The fourth-order valence-electron chi connectivity index (χ4n) is 0.567. The Labute approximate surface area is 65.8 Å². The highest BCUT2D eigenvalue weighted by molar-refractivity contribution is 7.08. The Hall–Kier alpha value is -0.710. The molecule has 62 valence electrons. The van der Waals surface area contributed by atoms with Gasteiger partial charge in [0.15, 0.2) is 0 Å². The molecule has 1 aromatic heterocycles. The van der Waals surface area contributed by atoms with Gasteiger partial charge in [-0.2, -0.15) is 24.5 Å². The summed E-state index contributed by atoms with van der Waals surface area (Å²) in [6.07, 6.45) is -4.14. The van der Waals surface area contributed by atoms with Crippen LogP contribution < -0.4 is 5.32 Å². The van der Waals surface area contributed by atoms with E-state index in [1.807, 2.05) is 0 Å². The molecule has 0 fully saturated rings. The highest BCUT2D eigenvalue weighted by atomic mass is 32.1. The zero-order valence-corrected chi connectivity index (χ0v) is 6.30. The van der Waals surface area contributed by atoms with Crippen molar-refractivity contribution in [3.8, 4) is 0 Å². The molecule has 0 spiro atoms. The summed E-state index contributed by atoms with van der Waals surface area (Å²) in [6, 6.07) is 1.61. The van der Waals surface area contributed by atoms with Crippen LogP contribution in [0.1, 0.15) is 0 Å². The zero-order chi connectivity index (χ0) is 8.32. The van der Waals surface area contributed by atoms with Gasteiger partial charge in [-0.05, 0) is 11.4 Å². The van der Waals surface area contributed by atoms with E-state index in [9.17, 15) is 13.2 Å². The van der Waals surface area contributed by atoms with Crippen LogP contribution in [-0.2, 0) is 0 Å². The third kappa shape index (κ3) is 3.27. The van der Waals surface area contributed by atoms with E-state index in [1.165, 1.54) is 11.3 Å². The van der Waals surface area contributed by atoms with E-state index in [0.717, 1.165) is 0 Å². The Balaban J connectivity index is 2.35. The summed E-state index contributed by atoms with van der Waals surface area (Å²) in [5.74, 6) is 0. The largest absolute Gasteiger partial charge is 0.405 e. The minimum absolute atomic E-state index is 0.521. The summed E-state index contributed by atoms with van der Waals surface area (Å²) < 4.78 is 34.8. The molecule has 1 nitrogen and oxygen atoms in total. The van der Waals surface area contributed by atoms with Gasteiger partial charge < -0.3 is 5.32 Å². The van der Waals surface area contributed by atoms with Crippen LogP contribution in [0.2, 0.25) is 0 Å². The number of alkyl halides is 3. The minimum atomic E-state index is -4.14. The monoisotopic (exact) mass is 181 g/mol. The number of anilines is 1. The lowest BCUT2D eigenvalue weighted by molar-refractivity contribution is -0.115. The third-order valence-corrected chi connectivity index (χ3v) is 1.70. The van der Waals surface area contributed by atoms with E-state index in [-0.39, 0.29) is 0 Å². The second-order valence-corrected chi connectivity index (χ2v) is 2.76. The summed E-state index contributed by atoms with van der Waals surface area (Å²) in [6.45, 7) is -0.969. The molecule has 1 heterocycles. The Morgan fingerprint density at radius 2 is 2.18 bits per heavy atom. The van der Waals surface area contributed by atoms with Gasteiger partial charge in [0.2, 0.25) is 0 Å². The number of nitrogens with one attached hydrogen (secondary N) is 1. The van der Waals surface area contributed by atoms with Crippen molar-refractivity contribution < 1.29 is 13.2 Å². The molecule has 5 heteroatoms. The van der Waals surface area contributed by atoms with Gasteiger partial charge in [-0.15, -0.1) is 0 Å². The lowest BCUT2D eigenvalue weighted by Crippen LogP contribution is -2.20. The van der Waals surface area contributed by atoms with Gasteiger partial charge in [-0.25, -0.2) is 0 Å². The summed E-state index contributed by atoms with van der Waals surface area (Å²) >= 11 is 1.36. The molecule has 0 saturated carbocycles. The first kappa shape index (κ1) is 8.39. The predicted octanol–water partition coefficient (Wildman–Crippen LogP) is 2.72. The number of thiophene rings is 1. The quantitative estimate of drug-likeness (QED) is 0.739. The van der Waals surface area contributed by atoms with Gasteiger partial charge >= 0.3 is 6.18 Å². The summed E-state index contributed by atoms with van der Waals surface area (Å²) in [4.78, 5) is 0. The van der Waals surface area contributed by atoms with E-state index in [2.05, 4.69) is 5.32 Å². The molecule has 0 aliphatic heterocycles. The van der Waals surface area contributed by atoms with Crippen LogP contribution in [-0.4, -0.2) is 12.7 Å². The van der Waals surface area contributed by atoms with Crippen LogP contribution in [0.5, 0.6) is 0 Å². The van der Waals surface area contributed by atoms with Crippen molar-refractivity contribution in [2.45, 2.75) is 6.18 Å². The molecule has 0 bridgehead atoms. The average Bonchev–Trinajstić information content (AvgIpc) is 2.32. The molecule has 0 aliphatic carbocycles. The lowest BCUT2D eigenvalue weighted by atomic mass is 10.5. The van der Waals surface area contributed by atoms with E-state index in [4.69, 9.17) is 0 Å². The Morgan fingerprint density at radius 1 is 1.45 bits per heavy atom. The summed E-state index contributed by atoms with van der Waals surface area (Å²) in [7, 11) is 0. The number of hydrogen-bond acceptors (Lipinski definition) is 2. The second-order valence-electron chi connectivity index (χ2n) is 1.98. The molecule has 11 heavy (non-hydrogen) atoms.